The fraction of sp³-hybridized carbons (Fsp3) is 0.442. The second-order valence-corrected chi connectivity index (χ2v) is 16.4. The molecule has 2 unspecified atom stereocenters. The standard InChI is InChI=1S/C43H51F2N8O5PS/c1-5-7-17-47-18-19-48-39-35-37(38(59)36(49-40(35)56-4)32-23-29(54)21-26-12-13-33(44)31(6-2)34(26)32)50-41(51-39)58-25-43-15-9-20-52(43)28(14-16-43)24-57-42(55)53(46-3)27-10-8-11-30(22-27)60-45/h2,8,10-11,21-23,28,46-47,54H,5,7,9,12-20,24-25,59H2,1,3-4H3,(H,48,50,51)/t28-,43?/m0/s1. The third-order valence-electron chi connectivity index (χ3n) is 11.5. The van der Waals surface area contributed by atoms with E-state index in [1.807, 2.05) is 0 Å². The number of carbonyl (C=O) groups is 1. The number of aromatic nitrogens is 3. The van der Waals surface area contributed by atoms with Gasteiger partial charge < -0.3 is 30.0 Å². The molecule has 2 aromatic carbocycles. The van der Waals surface area contributed by atoms with Crippen LogP contribution in [0.2, 0.25) is 0 Å². The first-order valence-electron chi connectivity index (χ1n) is 20.3. The number of hydrogen-bond acceptors (Lipinski definition) is 13. The van der Waals surface area contributed by atoms with E-state index in [9.17, 15) is 13.8 Å². The van der Waals surface area contributed by atoms with Gasteiger partial charge in [-0.25, -0.2) is 24.6 Å². The summed E-state index contributed by atoms with van der Waals surface area (Å²) in [5.41, 5.74) is 5.68. The Morgan fingerprint density at radius 1 is 1.18 bits per heavy atom. The van der Waals surface area contributed by atoms with E-state index in [1.165, 1.54) is 18.2 Å². The number of amides is 1. The van der Waals surface area contributed by atoms with Gasteiger partial charge in [0.25, 0.3) is 0 Å². The Kier molecular flexibility index (Phi) is 13.9. The lowest BCUT2D eigenvalue weighted by Gasteiger charge is -2.34. The second kappa shape index (κ2) is 19.3. The number of hydrazine groups is 1. The highest BCUT2D eigenvalue weighted by Crippen LogP contribution is 2.44. The zero-order chi connectivity index (χ0) is 42.4. The van der Waals surface area contributed by atoms with Gasteiger partial charge in [0.2, 0.25) is 5.88 Å². The molecule has 4 heterocycles. The topological polar surface area (TPSA) is 146 Å². The lowest BCUT2D eigenvalue weighted by Crippen LogP contribution is -2.49. The maximum Gasteiger partial charge on any atom is 0.429 e. The number of aromatic hydroxyl groups is 1. The van der Waals surface area contributed by atoms with Crippen molar-refractivity contribution in [3.05, 3.63) is 53.4 Å². The molecule has 0 radical (unpaired) electrons. The number of methoxy groups -OCH3 is 1. The molecule has 3 aliphatic rings. The van der Waals surface area contributed by atoms with E-state index in [1.54, 1.807) is 37.4 Å². The Bertz CT molecular complexity index is 2310. The predicted molar refractivity (Wildman–Crippen MR) is 235 cm³/mol. The molecule has 2 fully saturated rings. The van der Waals surface area contributed by atoms with Crippen molar-refractivity contribution in [3.8, 4) is 41.2 Å². The number of ether oxygens (including phenoxy) is 3. The van der Waals surface area contributed by atoms with Gasteiger partial charge in [-0.3, -0.25) is 4.90 Å². The number of fused-ring (bicyclic) bond motifs is 3. The van der Waals surface area contributed by atoms with Crippen molar-refractivity contribution < 1.29 is 32.4 Å². The van der Waals surface area contributed by atoms with Crippen LogP contribution in [0.25, 0.3) is 27.7 Å². The number of carbonyl (C=O) groups excluding carboxylic acids is 1. The van der Waals surface area contributed by atoms with Crippen LogP contribution in [0.3, 0.4) is 0 Å². The van der Waals surface area contributed by atoms with Gasteiger partial charge in [-0.05, 0) is 87.5 Å². The molecule has 17 heteroatoms. The normalized spacial score (nSPS) is 18.6. The highest BCUT2D eigenvalue weighted by molar-refractivity contribution is 7.94. The third-order valence-corrected chi connectivity index (χ3v) is 12.5. The van der Waals surface area contributed by atoms with Crippen molar-refractivity contribution in [1.29, 1.82) is 0 Å². The van der Waals surface area contributed by atoms with Crippen LogP contribution in [-0.2, 0) is 11.2 Å². The number of nitrogens with zero attached hydrogens (tertiary/aromatic N) is 5. The van der Waals surface area contributed by atoms with Crippen LogP contribution in [0.1, 0.15) is 63.0 Å². The summed E-state index contributed by atoms with van der Waals surface area (Å²) in [5, 5.41) is 20.1. The van der Waals surface area contributed by atoms with E-state index in [-0.39, 0.29) is 65.8 Å². The maximum absolute atomic E-state index is 15.2. The quantitative estimate of drug-likeness (QED) is 0.0371. The molecular weight excluding hydrogens is 810 g/mol. The van der Waals surface area contributed by atoms with Gasteiger partial charge in [0, 0.05) is 53.9 Å². The molecule has 1 aliphatic carbocycles. The van der Waals surface area contributed by atoms with Gasteiger partial charge >= 0.3 is 12.1 Å². The Hall–Kier alpha value is -4.78. The Balaban J connectivity index is 1.18. The summed E-state index contributed by atoms with van der Waals surface area (Å²) >= 11 is 0.108. The molecule has 2 saturated heterocycles. The number of aryl methyl sites for hydroxylation is 1. The summed E-state index contributed by atoms with van der Waals surface area (Å²) in [6, 6.07) is 9.85. The zero-order valence-corrected chi connectivity index (χ0v) is 36.0. The van der Waals surface area contributed by atoms with Gasteiger partial charge in [0.05, 0.1) is 47.3 Å². The number of unbranched alkanes of at least 4 members (excludes halogenated alkanes) is 1. The molecule has 2 aromatic heterocycles. The number of rotatable bonds is 17. The van der Waals surface area contributed by atoms with Crippen LogP contribution < -0.4 is 35.8 Å². The molecule has 0 saturated carbocycles. The molecule has 3 atom stereocenters. The number of pyridine rings is 1. The fourth-order valence-corrected chi connectivity index (χ4v) is 9.37. The summed E-state index contributed by atoms with van der Waals surface area (Å²) in [5.74, 6) is 2.85. The van der Waals surface area contributed by atoms with Gasteiger partial charge in [-0.1, -0.05) is 25.3 Å². The second-order valence-electron chi connectivity index (χ2n) is 15.2. The van der Waals surface area contributed by atoms with Gasteiger partial charge in [0.1, 0.15) is 36.0 Å². The number of benzene rings is 2. The molecular formula is C43H51F2N8O5PS. The number of terminal acetylenes is 1. The van der Waals surface area contributed by atoms with E-state index < -0.39 is 6.09 Å². The summed E-state index contributed by atoms with van der Waals surface area (Å²) in [4.78, 5) is 30.7. The van der Waals surface area contributed by atoms with Crippen molar-refractivity contribution in [2.75, 3.05) is 63.9 Å². The van der Waals surface area contributed by atoms with Crippen LogP contribution in [-0.4, -0.2) is 96.2 Å². The lowest BCUT2D eigenvalue weighted by atomic mass is 9.85. The number of allylic oxidation sites excluding steroid dienone is 2. The SMILES string of the molecule is C#CC1=C(F)CCc2cc(O)cc(-c3nc(OC)c4c(NCCNCCCC)nc(OCC56CCCN5[C@H](COC(=O)N(NC)c5cccc(SF)c5)CC6)nc4c3P)c21. The number of phenols is 1. The van der Waals surface area contributed by atoms with Crippen molar-refractivity contribution in [3.63, 3.8) is 0 Å². The fourth-order valence-electron chi connectivity index (χ4n) is 8.65. The number of phenolic OH excluding ortho intramolecular Hbond substituents is 1. The highest BCUT2D eigenvalue weighted by Gasteiger charge is 2.50. The highest BCUT2D eigenvalue weighted by atomic mass is 32.2. The van der Waals surface area contributed by atoms with Crippen LogP contribution in [0, 0.1) is 12.3 Å². The predicted octanol–water partition coefficient (Wildman–Crippen LogP) is 7.10. The van der Waals surface area contributed by atoms with Crippen molar-refractivity contribution in [2.45, 2.75) is 74.8 Å². The lowest BCUT2D eigenvalue weighted by molar-refractivity contribution is 0.0563. The molecule has 13 nitrogen and oxygen atoms in total. The minimum absolute atomic E-state index is 0.00394. The number of nitrogens with one attached hydrogen (secondary N) is 3. The number of anilines is 2. The van der Waals surface area contributed by atoms with Crippen LogP contribution in [0.4, 0.5) is 24.6 Å². The molecule has 0 spiro atoms. The Morgan fingerprint density at radius 2 is 2.03 bits per heavy atom. The number of hydrogen-bond donors (Lipinski definition) is 4. The molecule has 2 aliphatic heterocycles. The number of halogens is 2. The molecule has 318 valence electrons. The van der Waals surface area contributed by atoms with Crippen molar-refractivity contribution in [1.82, 2.24) is 30.6 Å². The third kappa shape index (κ3) is 8.83. The van der Waals surface area contributed by atoms with Gasteiger partial charge in [-0.2, -0.15) is 13.9 Å². The average molecular weight is 861 g/mol. The van der Waals surface area contributed by atoms with Crippen LogP contribution in [0.15, 0.2) is 47.1 Å². The van der Waals surface area contributed by atoms with E-state index >= 15 is 4.39 Å². The van der Waals surface area contributed by atoms with Gasteiger partial charge in [-0.15, -0.1) is 15.7 Å². The van der Waals surface area contributed by atoms with Crippen LogP contribution in [0.5, 0.6) is 17.6 Å². The van der Waals surface area contributed by atoms with Crippen LogP contribution >= 0.6 is 21.4 Å². The Labute approximate surface area is 355 Å². The summed E-state index contributed by atoms with van der Waals surface area (Å²) in [6.45, 7) is 5.57. The van der Waals surface area contributed by atoms with E-state index in [0.29, 0.717) is 75.5 Å². The minimum atomic E-state index is -0.586. The Morgan fingerprint density at radius 3 is 2.80 bits per heavy atom. The summed E-state index contributed by atoms with van der Waals surface area (Å²) in [7, 11) is 5.84. The van der Waals surface area contributed by atoms with Crippen molar-refractivity contribution >= 4 is 60.8 Å². The molecule has 60 heavy (non-hydrogen) atoms. The maximum atomic E-state index is 15.2. The summed E-state index contributed by atoms with van der Waals surface area (Å²) in [6.07, 6.45) is 11.4. The van der Waals surface area contributed by atoms with E-state index in [2.05, 4.69) is 43.0 Å². The smallest absolute Gasteiger partial charge is 0.429 e. The zero-order valence-electron chi connectivity index (χ0n) is 34.1. The molecule has 1 amide bonds. The summed E-state index contributed by atoms with van der Waals surface area (Å²) < 4.78 is 46.8. The largest absolute Gasteiger partial charge is 0.508 e. The molecule has 4 aromatic rings. The molecule has 0 bridgehead atoms. The first-order valence-corrected chi connectivity index (χ1v) is 21.6. The monoisotopic (exact) mass is 860 g/mol. The first kappa shape index (κ1) is 43.3. The van der Waals surface area contributed by atoms with Crippen molar-refractivity contribution in [2.24, 2.45) is 0 Å². The average Bonchev–Trinajstić information content (AvgIpc) is 3.83. The molecule has 4 N–H and O–H groups in total. The first-order chi connectivity index (χ1) is 29.1. The van der Waals surface area contributed by atoms with E-state index in [0.717, 1.165) is 57.2 Å². The van der Waals surface area contributed by atoms with E-state index in [4.69, 9.17) is 35.6 Å². The molecule has 7 rings (SSSR count). The minimum Gasteiger partial charge on any atom is -0.508 e. The van der Waals surface area contributed by atoms with Gasteiger partial charge in [0.15, 0.2) is 0 Å².